The molecule has 0 spiro atoms. The highest BCUT2D eigenvalue weighted by molar-refractivity contribution is 5.94. The van der Waals surface area contributed by atoms with Gasteiger partial charge >= 0.3 is 6.18 Å². The van der Waals surface area contributed by atoms with Gasteiger partial charge < -0.3 is 15.5 Å². The molecule has 26 heavy (non-hydrogen) atoms. The summed E-state index contributed by atoms with van der Waals surface area (Å²) in [6, 6.07) is 4.42. The van der Waals surface area contributed by atoms with Crippen LogP contribution < -0.4 is 5.73 Å². The molecule has 142 valence electrons. The first-order valence-corrected chi connectivity index (χ1v) is 8.75. The van der Waals surface area contributed by atoms with E-state index in [0.717, 1.165) is 25.0 Å². The van der Waals surface area contributed by atoms with Gasteiger partial charge in [0.05, 0.1) is 11.1 Å². The third-order valence-electron chi connectivity index (χ3n) is 5.21. The van der Waals surface area contributed by atoms with E-state index in [-0.39, 0.29) is 24.6 Å². The highest BCUT2D eigenvalue weighted by atomic mass is 19.4. The van der Waals surface area contributed by atoms with Crippen molar-refractivity contribution < 1.29 is 22.8 Å². The summed E-state index contributed by atoms with van der Waals surface area (Å²) in [5.74, 6) is -0.535. The van der Waals surface area contributed by atoms with Gasteiger partial charge in [-0.2, -0.15) is 13.2 Å². The first-order valence-electron chi connectivity index (χ1n) is 8.75. The SMILES string of the molecule is NC1(C(=O)N2CCN(C(=O)c3cccc(C(F)(F)F)c3)CC2)CCCC1. The van der Waals surface area contributed by atoms with Crippen LogP contribution in [-0.2, 0) is 11.0 Å². The van der Waals surface area contributed by atoms with Crippen molar-refractivity contribution in [2.24, 2.45) is 5.73 Å². The molecule has 1 aliphatic carbocycles. The maximum atomic E-state index is 12.8. The molecule has 1 saturated carbocycles. The number of alkyl halides is 3. The minimum atomic E-state index is -4.49. The maximum absolute atomic E-state index is 12.8. The number of rotatable bonds is 2. The fourth-order valence-corrected chi connectivity index (χ4v) is 3.66. The quantitative estimate of drug-likeness (QED) is 0.870. The predicted octanol–water partition coefficient (Wildman–Crippen LogP) is 2.26. The molecule has 5 nitrogen and oxygen atoms in total. The van der Waals surface area contributed by atoms with E-state index in [9.17, 15) is 22.8 Å². The van der Waals surface area contributed by atoms with Gasteiger partial charge in [0.2, 0.25) is 5.91 Å². The van der Waals surface area contributed by atoms with Gasteiger partial charge in [0, 0.05) is 31.7 Å². The standard InChI is InChI=1S/C18H22F3N3O2/c19-18(20,21)14-5-3-4-13(12-14)15(25)23-8-10-24(11-9-23)16(26)17(22)6-1-2-7-17/h3-5,12H,1-2,6-11,22H2. The third-order valence-corrected chi connectivity index (χ3v) is 5.21. The molecule has 3 rings (SSSR count). The van der Waals surface area contributed by atoms with Crippen molar-refractivity contribution in [2.75, 3.05) is 26.2 Å². The highest BCUT2D eigenvalue weighted by Crippen LogP contribution is 2.31. The zero-order valence-electron chi connectivity index (χ0n) is 14.4. The number of hydrogen-bond acceptors (Lipinski definition) is 3. The summed E-state index contributed by atoms with van der Waals surface area (Å²) in [6.07, 6.45) is -1.25. The normalized spacial score (nSPS) is 20.3. The fourth-order valence-electron chi connectivity index (χ4n) is 3.66. The first-order chi connectivity index (χ1) is 12.2. The van der Waals surface area contributed by atoms with Crippen molar-refractivity contribution in [3.05, 3.63) is 35.4 Å². The van der Waals surface area contributed by atoms with Crippen LogP contribution in [0.2, 0.25) is 0 Å². The van der Waals surface area contributed by atoms with Gasteiger partial charge in [-0.1, -0.05) is 18.9 Å². The molecule has 2 aliphatic rings. The smallest absolute Gasteiger partial charge is 0.338 e. The van der Waals surface area contributed by atoms with E-state index in [1.807, 2.05) is 0 Å². The first kappa shape index (κ1) is 18.7. The van der Waals surface area contributed by atoms with Crippen molar-refractivity contribution in [1.82, 2.24) is 9.80 Å². The van der Waals surface area contributed by atoms with Gasteiger partial charge in [-0.05, 0) is 31.0 Å². The van der Waals surface area contributed by atoms with Crippen LogP contribution in [0, 0.1) is 0 Å². The molecule has 0 bridgehead atoms. The average Bonchev–Trinajstić information content (AvgIpc) is 3.08. The summed E-state index contributed by atoms with van der Waals surface area (Å²) in [6.45, 7) is 1.28. The Hall–Kier alpha value is -2.09. The number of amides is 2. The van der Waals surface area contributed by atoms with Crippen molar-refractivity contribution >= 4 is 11.8 Å². The molecule has 2 fully saturated rings. The van der Waals surface area contributed by atoms with Crippen molar-refractivity contribution in [3.63, 3.8) is 0 Å². The van der Waals surface area contributed by atoms with E-state index in [4.69, 9.17) is 5.73 Å². The lowest BCUT2D eigenvalue weighted by Crippen LogP contribution is -2.59. The number of nitrogens with two attached hydrogens (primary N) is 1. The zero-order chi connectivity index (χ0) is 18.9. The van der Waals surface area contributed by atoms with Gasteiger partial charge in [0.15, 0.2) is 0 Å². The van der Waals surface area contributed by atoms with Crippen LogP contribution in [0.1, 0.15) is 41.6 Å². The predicted molar refractivity (Wildman–Crippen MR) is 89.3 cm³/mol. The van der Waals surface area contributed by atoms with Crippen LogP contribution in [0.15, 0.2) is 24.3 Å². The Labute approximate surface area is 149 Å². The van der Waals surface area contributed by atoms with Gasteiger partial charge in [0.1, 0.15) is 0 Å². The number of nitrogens with zero attached hydrogens (tertiary/aromatic N) is 2. The topological polar surface area (TPSA) is 66.6 Å². The van der Waals surface area contributed by atoms with Crippen molar-refractivity contribution in [1.29, 1.82) is 0 Å². The Bertz CT molecular complexity index is 691. The molecule has 0 radical (unpaired) electrons. The Kier molecular flexibility index (Phi) is 4.96. The molecule has 2 N–H and O–H groups in total. The highest BCUT2D eigenvalue weighted by Gasteiger charge is 2.41. The Morgan fingerprint density at radius 1 is 1.00 bits per heavy atom. The minimum absolute atomic E-state index is 0.00527. The van der Waals surface area contributed by atoms with Crippen LogP contribution in [0.25, 0.3) is 0 Å². The molecule has 1 heterocycles. The van der Waals surface area contributed by atoms with Crippen LogP contribution in [0.3, 0.4) is 0 Å². The van der Waals surface area contributed by atoms with Crippen LogP contribution in [0.4, 0.5) is 13.2 Å². The number of benzene rings is 1. The van der Waals surface area contributed by atoms with Crippen LogP contribution in [-0.4, -0.2) is 53.3 Å². The molecule has 2 amide bonds. The molecule has 1 aromatic rings. The van der Waals surface area contributed by atoms with Crippen molar-refractivity contribution in [2.45, 2.75) is 37.4 Å². The van der Waals surface area contributed by atoms with Crippen molar-refractivity contribution in [3.8, 4) is 0 Å². The van der Waals surface area contributed by atoms with Gasteiger partial charge in [0.25, 0.3) is 5.91 Å². The Morgan fingerprint density at radius 2 is 1.58 bits per heavy atom. The molecule has 8 heteroatoms. The number of carbonyl (C=O) groups excluding carboxylic acids is 2. The average molecular weight is 369 g/mol. The van der Waals surface area contributed by atoms with E-state index in [1.165, 1.54) is 17.0 Å². The Morgan fingerprint density at radius 3 is 2.15 bits per heavy atom. The molecule has 1 aliphatic heterocycles. The zero-order valence-corrected chi connectivity index (χ0v) is 14.4. The summed E-state index contributed by atoms with van der Waals surface area (Å²) >= 11 is 0. The van der Waals surface area contributed by atoms with Gasteiger partial charge in [-0.25, -0.2) is 0 Å². The molecule has 1 saturated heterocycles. The number of piperazine rings is 1. The van der Waals surface area contributed by atoms with E-state index < -0.39 is 23.2 Å². The summed E-state index contributed by atoms with van der Waals surface area (Å²) in [5.41, 5.74) is 4.56. The number of hydrogen-bond donors (Lipinski definition) is 1. The lowest BCUT2D eigenvalue weighted by atomic mass is 9.97. The largest absolute Gasteiger partial charge is 0.416 e. The molecule has 1 aromatic carbocycles. The van der Waals surface area contributed by atoms with E-state index in [0.29, 0.717) is 25.9 Å². The van der Waals surface area contributed by atoms with Gasteiger partial charge in [-0.3, -0.25) is 9.59 Å². The monoisotopic (exact) mass is 369 g/mol. The van der Waals surface area contributed by atoms with E-state index in [2.05, 4.69) is 0 Å². The molecular weight excluding hydrogens is 347 g/mol. The van der Waals surface area contributed by atoms with Crippen LogP contribution >= 0.6 is 0 Å². The number of carbonyl (C=O) groups is 2. The van der Waals surface area contributed by atoms with Gasteiger partial charge in [-0.15, -0.1) is 0 Å². The third kappa shape index (κ3) is 3.70. The maximum Gasteiger partial charge on any atom is 0.416 e. The second kappa shape index (κ2) is 6.90. The molecule has 0 aromatic heterocycles. The summed E-state index contributed by atoms with van der Waals surface area (Å²) < 4.78 is 38.5. The summed E-state index contributed by atoms with van der Waals surface area (Å²) in [7, 11) is 0. The Balaban J connectivity index is 1.63. The molecular formula is C18H22F3N3O2. The summed E-state index contributed by atoms with van der Waals surface area (Å²) in [4.78, 5) is 28.3. The minimum Gasteiger partial charge on any atom is -0.338 e. The van der Waals surface area contributed by atoms with Crippen LogP contribution in [0.5, 0.6) is 0 Å². The van der Waals surface area contributed by atoms with E-state index in [1.54, 1.807) is 4.90 Å². The lowest BCUT2D eigenvalue weighted by molar-refractivity contribution is -0.138. The lowest BCUT2D eigenvalue weighted by Gasteiger charge is -2.38. The molecule has 0 unspecified atom stereocenters. The fraction of sp³-hybridized carbons (Fsp3) is 0.556. The molecule has 0 atom stereocenters. The second-order valence-corrected chi connectivity index (χ2v) is 7.03. The van der Waals surface area contributed by atoms with E-state index >= 15 is 0 Å². The summed E-state index contributed by atoms with van der Waals surface area (Å²) in [5, 5.41) is 0. The number of halogens is 3. The second-order valence-electron chi connectivity index (χ2n) is 7.03.